The van der Waals surface area contributed by atoms with Gasteiger partial charge in [0.15, 0.2) is 0 Å². The number of nitrogens with zero attached hydrogens (tertiary/aromatic N) is 1. The van der Waals surface area contributed by atoms with Crippen molar-refractivity contribution in [1.29, 1.82) is 0 Å². The van der Waals surface area contributed by atoms with Crippen LogP contribution in [0.5, 0.6) is 0 Å². The summed E-state index contributed by atoms with van der Waals surface area (Å²) in [4.78, 5) is 39.4. The first-order chi connectivity index (χ1) is 8.21. The third kappa shape index (κ3) is 3.68. The summed E-state index contributed by atoms with van der Waals surface area (Å²) in [6.07, 6.45) is 0.921. The van der Waals surface area contributed by atoms with Crippen LogP contribution in [0.1, 0.15) is 46.5 Å². The monoisotopic (exact) mass is 253 g/mol. The Balaban J connectivity index is 2.41. The number of carbonyl (C=O) groups excluding carboxylic acids is 3. The summed E-state index contributed by atoms with van der Waals surface area (Å²) in [6, 6.07) is 0. The van der Waals surface area contributed by atoms with Crippen LogP contribution in [0.25, 0.3) is 0 Å². The molecular weight excluding hydrogens is 234 g/mol. The van der Waals surface area contributed by atoms with Crippen LogP contribution < -0.4 is 0 Å². The number of rotatable bonds is 4. The fourth-order valence-electron chi connectivity index (χ4n) is 1.48. The van der Waals surface area contributed by atoms with Crippen LogP contribution in [0.15, 0.2) is 12.3 Å². The van der Waals surface area contributed by atoms with E-state index in [1.165, 1.54) is 0 Å². The van der Waals surface area contributed by atoms with Crippen molar-refractivity contribution in [3.8, 4) is 0 Å². The van der Waals surface area contributed by atoms with E-state index in [0.29, 0.717) is 18.5 Å². The van der Waals surface area contributed by atoms with E-state index in [0.717, 1.165) is 5.06 Å². The standard InChI is InChI=1S/C13H19NO4/c1-9-5-7-11(16)14(9)18-12(17)8-6-10(15)13(2,3)4/h1,5-8H2,2-4H3. The fraction of sp³-hybridized carbons (Fsp3) is 0.615. The first-order valence-corrected chi connectivity index (χ1v) is 5.96. The summed E-state index contributed by atoms with van der Waals surface area (Å²) in [5.74, 6) is -0.856. The van der Waals surface area contributed by atoms with Gasteiger partial charge in [0.2, 0.25) is 0 Å². The molecule has 5 heteroatoms. The van der Waals surface area contributed by atoms with Crippen LogP contribution >= 0.6 is 0 Å². The van der Waals surface area contributed by atoms with Crippen LogP contribution in [0.4, 0.5) is 0 Å². The van der Waals surface area contributed by atoms with Crippen molar-refractivity contribution in [2.24, 2.45) is 5.41 Å². The summed E-state index contributed by atoms with van der Waals surface area (Å²) in [5, 5.41) is 0.934. The third-order valence-corrected chi connectivity index (χ3v) is 2.73. The Morgan fingerprint density at radius 3 is 2.33 bits per heavy atom. The summed E-state index contributed by atoms with van der Waals surface area (Å²) in [7, 11) is 0. The van der Waals surface area contributed by atoms with E-state index in [4.69, 9.17) is 4.84 Å². The van der Waals surface area contributed by atoms with Gasteiger partial charge in [-0.25, -0.2) is 4.79 Å². The van der Waals surface area contributed by atoms with Gasteiger partial charge in [-0.05, 0) is 6.42 Å². The van der Waals surface area contributed by atoms with Gasteiger partial charge in [0, 0.05) is 18.3 Å². The number of ketones is 1. The first kappa shape index (κ1) is 14.4. The molecule has 0 aromatic rings. The Morgan fingerprint density at radius 2 is 1.89 bits per heavy atom. The summed E-state index contributed by atoms with van der Waals surface area (Å²) in [5.41, 5.74) is 0.0170. The average molecular weight is 253 g/mol. The Morgan fingerprint density at radius 1 is 1.28 bits per heavy atom. The molecule has 1 aliphatic heterocycles. The Hall–Kier alpha value is -1.65. The molecule has 0 unspecified atom stereocenters. The minimum absolute atomic E-state index is 0.00831. The lowest BCUT2D eigenvalue weighted by Crippen LogP contribution is -2.28. The molecule has 0 spiro atoms. The maximum absolute atomic E-state index is 11.6. The lowest BCUT2D eigenvalue weighted by molar-refractivity contribution is -0.186. The van der Waals surface area contributed by atoms with Crippen LogP contribution in [-0.4, -0.2) is 22.7 Å². The van der Waals surface area contributed by atoms with E-state index in [9.17, 15) is 14.4 Å². The molecule has 0 bridgehead atoms. The van der Waals surface area contributed by atoms with Crippen LogP contribution in [0, 0.1) is 5.41 Å². The van der Waals surface area contributed by atoms with E-state index in [2.05, 4.69) is 6.58 Å². The highest BCUT2D eigenvalue weighted by Crippen LogP contribution is 2.22. The highest BCUT2D eigenvalue weighted by molar-refractivity contribution is 5.87. The summed E-state index contributed by atoms with van der Waals surface area (Å²) >= 11 is 0. The maximum Gasteiger partial charge on any atom is 0.333 e. The Kier molecular flexibility index (Phi) is 4.27. The molecule has 0 aliphatic carbocycles. The molecule has 100 valence electrons. The van der Waals surface area contributed by atoms with E-state index in [-0.39, 0.29) is 24.5 Å². The lowest BCUT2D eigenvalue weighted by Gasteiger charge is -2.18. The molecule has 0 aromatic carbocycles. The second kappa shape index (κ2) is 5.33. The molecule has 0 atom stereocenters. The van der Waals surface area contributed by atoms with Crippen molar-refractivity contribution in [2.45, 2.75) is 46.5 Å². The number of amides is 1. The van der Waals surface area contributed by atoms with Gasteiger partial charge < -0.3 is 4.84 Å². The van der Waals surface area contributed by atoms with Gasteiger partial charge in [-0.2, -0.15) is 0 Å². The topological polar surface area (TPSA) is 63.7 Å². The fourth-order valence-corrected chi connectivity index (χ4v) is 1.48. The van der Waals surface area contributed by atoms with Crippen LogP contribution in [0.2, 0.25) is 0 Å². The number of hydrogen-bond acceptors (Lipinski definition) is 4. The van der Waals surface area contributed by atoms with Crippen molar-refractivity contribution in [2.75, 3.05) is 0 Å². The van der Waals surface area contributed by atoms with Gasteiger partial charge in [-0.15, -0.1) is 5.06 Å². The first-order valence-electron chi connectivity index (χ1n) is 5.96. The zero-order valence-electron chi connectivity index (χ0n) is 11.1. The van der Waals surface area contributed by atoms with E-state index < -0.39 is 11.4 Å². The minimum Gasteiger partial charge on any atom is -0.334 e. The molecule has 0 aromatic heterocycles. The van der Waals surface area contributed by atoms with Crippen molar-refractivity contribution in [3.63, 3.8) is 0 Å². The molecule has 1 rings (SSSR count). The zero-order chi connectivity index (χ0) is 13.9. The van der Waals surface area contributed by atoms with Crippen molar-refractivity contribution >= 4 is 17.7 Å². The van der Waals surface area contributed by atoms with Gasteiger partial charge in [-0.1, -0.05) is 27.4 Å². The SMILES string of the molecule is C=C1CCC(=O)N1OC(=O)CCC(=O)C(C)(C)C. The number of hydroxylamine groups is 2. The Bertz CT molecular complexity index is 376. The number of allylic oxidation sites excluding steroid dienone is 1. The van der Waals surface area contributed by atoms with Crippen molar-refractivity contribution in [1.82, 2.24) is 5.06 Å². The van der Waals surface area contributed by atoms with Gasteiger partial charge in [-0.3, -0.25) is 9.59 Å². The molecular formula is C13H19NO4. The molecule has 1 aliphatic rings. The van der Waals surface area contributed by atoms with Gasteiger partial charge >= 0.3 is 5.97 Å². The molecule has 5 nitrogen and oxygen atoms in total. The molecule has 1 heterocycles. The van der Waals surface area contributed by atoms with Crippen LogP contribution in [-0.2, 0) is 19.2 Å². The highest BCUT2D eigenvalue weighted by atomic mass is 16.7. The van der Waals surface area contributed by atoms with Crippen LogP contribution in [0.3, 0.4) is 0 Å². The van der Waals surface area contributed by atoms with E-state index in [1.807, 2.05) is 0 Å². The normalized spacial score (nSPS) is 16.1. The summed E-state index contributed by atoms with van der Waals surface area (Å²) < 4.78 is 0. The number of Topliss-reactive ketones (excluding diaryl/α,β-unsaturated/α-hetero) is 1. The Labute approximate surface area is 107 Å². The molecule has 1 saturated heterocycles. The second-order valence-corrected chi connectivity index (χ2v) is 5.39. The van der Waals surface area contributed by atoms with E-state index >= 15 is 0 Å². The molecule has 0 N–H and O–H groups in total. The number of hydrogen-bond donors (Lipinski definition) is 0. The molecule has 18 heavy (non-hydrogen) atoms. The zero-order valence-corrected chi connectivity index (χ0v) is 11.1. The minimum atomic E-state index is -0.580. The predicted octanol–water partition coefficient (Wildman–Crippen LogP) is 1.98. The average Bonchev–Trinajstić information content (AvgIpc) is 2.56. The quantitative estimate of drug-likeness (QED) is 0.768. The largest absolute Gasteiger partial charge is 0.334 e. The number of carbonyl (C=O) groups is 3. The van der Waals surface area contributed by atoms with E-state index in [1.54, 1.807) is 20.8 Å². The van der Waals surface area contributed by atoms with Crippen molar-refractivity contribution in [3.05, 3.63) is 12.3 Å². The third-order valence-electron chi connectivity index (χ3n) is 2.73. The molecule has 1 amide bonds. The van der Waals surface area contributed by atoms with Gasteiger partial charge in [0.1, 0.15) is 5.78 Å². The predicted molar refractivity (Wildman–Crippen MR) is 65.0 cm³/mol. The lowest BCUT2D eigenvalue weighted by atomic mass is 9.88. The molecule has 0 radical (unpaired) electrons. The molecule has 1 fully saturated rings. The van der Waals surface area contributed by atoms with Crippen molar-refractivity contribution < 1.29 is 19.2 Å². The smallest absolute Gasteiger partial charge is 0.333 e. The maximum atomic E-state index is 11.6. The van der Waals surface area contributed by atoms with Gasteiger partial charge in [0.05, 0.1) is 12.1 Å². The molecule has 0 saturated carbocycles. The van der Waals surface area contributed by atoms with Gasteiger partial charge in [0.25, 0.3) is 5.91 Å². The highest BCUT2D eigenvalue weighted by Gasteiger charge is 2.29. The summed E-state index contributed by atoms with van der Waals surface area (Å²) in [6.45, 7) is 9.03. The second-order valence-electron chi connectivity index (χ2n) is 5.39.